The lowest BCUT2D eigenvalue weighted by atomic mass is 9.96. The molecule has 0 unspecified atom stereocenters. The zero-order chi connectivity index (χ0) is 22.6. The maximum Gasteiger partial charge on any atom is 0.256 e. The molecule has 3 aliphatic heterocycles. The molecule has 0 bridgehead atoms. The van der Waals surface area contributed by atoms with E-state index in [0.29, 0.717) is 60.0 Å². The second-order valence-corrected chi connectivity index (χ2v) is 8.96. The summed E-state index contributed by atoms with van der Waals surface area (Å²) in [6.45, 7) is 2.76. The van der Waals surface area contributed by atoms with Crippen molar-refractivity contribution in [2.45, 2.75) is 24.2 Å². The summed E-state index contributed by atoms with van der Waals surface area (Å²) in [5.41, 5.74) is 1.14. The molecular formula is C23H25N3O6S. The first-order valence-electron chi connectivity index (χ1n) is 11.0. The minimum Gasteiger partial charge on any atom is -0.454 e. The first-order chi connectivity index (χ1) is 16.2. The van der Waals surface area contributed by atoms with Gasteiger partial charge in [0.15, 0.2) is 17.8 Å². The number of nitrogens with zero attached hydrogens (tertiary/aromatic N) is 2. The molecule has 0 saturated carbocycles. The Bertz CT molecular complexity index is 1020. The predicted molar refractivity (Wildman–Crippen MR) is 120 cm³/mol. The lowest BCUT2D eigenvalue weighted by Gasteiger charge is -2.34. The highest BCUT2D eigenvalue weighted by atomic mass is 32.2. The first-order valence-corrected chi connectivity index (χ1v) is 12.0. The fraction of sp³-hybridized carbons (Fsp3) is 0.435. The highest BCUT2D eigenvalue weighted by Crippen LogP contribution is 2.34. The second kappa shape index (κ2) is 9.98. The number of likely N-dealkylation sites (tertiary alicyclic amines) is 1. The Hall–Kier alpha value is -2.82. The molecule has 2 fully saturated rings. The number of ether oxygens (including phenoxy) is 4. The van der Waals surface area contributed by atoms with Crippen LogP contribution in [0.5, 0.6) is 11.5 Å². The first kappa shape index (κ1) is 22.0. The highest BCUT2D eigenvalue weighted by molar-refractivity contribution is 8.00. The van der Waals surface area contributed by atoms with Crippen molar-refractivity contribution in [3.8, 4) is 11.5 Å². The van der Waals surface area contributed by atoms with E-state index in [2.05, 4.69) is 10.3 Å². The molecule has 2 amide bonds. The summed E-state index contributed by atoms with van der Waals surface area (Å²) in [7, 11) is 0. The van der Waals surface area contributed by atoms with Crippen molar-refractivity contribution in [3.05, 3.63) is 42.1 Å². The van der Waals surface area contributed by atoms with E-state index in [4.69, 9.17) is 18.9 Å². The molecule has 1 N–H and O–H groups in total. The number of thioether (sulfide) groups is 1. The molecule has 10 heteroatoms. The highest BCUT2D eigenvalue weighted by Gasteiger charge is 2.32. The van der Waals surface area contributed by atoms with Gasteiger partial charge >= 0.3 is 0 Å². The number of piperidine rings is 1. The summed E-state index contributed by atoms with van der Waals surface area (Å²) in [5.74, 6) is 1.46. The number of hydrogen-bond donors (Lipinski definition) is 1. The lowest BCUT2D eigenvalue weighted by Crippen LogP contribution is -2.41. The number of pyridine rings is 1. The zero-order valence-corrected chi connectivity index (χ0v) is 18.8. The molecule has 2 aromatic rings. The minimum atomic E-state index is -0.194. The quantitative estimate of drug-likeness (QED) is 0.642. The van der Waals surface area contributed by atoms with Crippen LogP contribution in [0.15, 0.2) is 41.6 Å². The number of anilines is 1. The molecule has 4 heterocycles. The number of aromatic nitrogens is 1. The SMILES string of the molecule is O=C(CSc1ncccc1C(=O)N1CCC(C2OCCO2)CC1)Nc1ccc2c(c1)OCO2. The minimum absolute atomic E-state index is 0.0616. The van der Waals surface area contributed by atoms with Crippen LogP contribution in [0, 0.1) is 5.92 Å². The van der Waals surface area contributed by atoms with E-state index >= 15 is 0 Å². The molecule has 174 valence electrons. The zero-order valence-electron chi connectivity index (χ0n) is 18.0. The second-order valence-electron chi connectivity index (χ2n) is 8.00. The maximum atomic E-state index is 13.2. The van der Waals surface area contributed by atoms with Gasteiger partial charge in [-0.2, -0.15) is 0 Å². The van der Waals surface area contributed by atoms with Crippen molar-refractivity contribution in [1.29, 1.82) is 0 Å². The largest absolute Gasteiger partial charge is 0.454 e. The van der Waals surface area contributed by atoms with Crippen LogP contribution in [0.3, 0.4) is 0 Å². The number of rotatable bonds is 6. The molecule has 1 aromatic carbocycles. The number of nitrogens with one attached hydrogen (secondary N) is 1. The van der Waals surface area contributed by atoms with Crippen LogP contribution in [0.25, 0.3) is 0 Å². The monoisotopic (exact) mass is 471 g/mol. The fourth-order valence-corrected chi connectivity index (χ4v) is 4.95. The third-order valence-corrected chi connectivity index (χ3v) is 6.86. The average molecular weight is 472 g/mol. The summed E-state index contributed by atoms with van der Waals surface area (Å²) in [5, 5.41) is 3.39. The lowest BCUT2D eigenvalue weighted by molar-refractivity contribution is -0.113. The van der Waals surface area contributed by atoms with Crippen LogP contribution in [0.2, 0.25) is 0 Å². The van der Waals surface area contributed by atoms with Gasteiger partial charge < -0.3 is 29.2 Å². The van der Waals surface area contributed by atoms with Crippen molar-refractivity contribution < 1.29 is 28.5 Å². The van der Waals surface area contributed by atoms with E-state index in [9.17, 15) is 9.59 Å². The van der Waals surface area contributed by atoms with Crippen LogP contribution in [-0.2, 0) is 14.3 Å². The number of carbonyl (C=O) groups excluding carboxylic acids is 2. The van der Waals surface area contributed by atoms with Crippen molar-refractivity contribution in [2.24, 2.45) is 5.92 Å². The van der Waals surface area contributed by atoms with Gasteiger partial charge in [0.2, 0.25) is 12.7 Å². The van der Waals surface area contributed by atoms with Gasteiger partial charge in [-0.1, -0.05) is 11.8 Å². The molecule has 1 aromatic heterocycles. The topological polar surface area (TPSA) is 99.2 Å². The Balaban J connectivity index is 1.16. The van der Waals surface area contributed by atoms with Crippen LogP contribution < -0.4 is 14.8 Å². The van der Waals surface area contributed by atoms with E-state index in [1.807, 2.05) is 4.90 Å². The van der Waals surface area contributed by atoms with E-state index in [-0.39, 0.29) is 30.7 Å². The van der Waals surface area contributed by atoms with Gasteiger partial charge in [-0.25, -0.2) is 4.98 Å². The number of benzene rings is 1. The maximum absolute atomic E-state index is 13.2. The van der Waals surface area contributed by atoms with Gasteiger partial charge in [-0.05, 0) is 37.1 Å². The summed E-state index contributed by atoms with van der Waals surface area (Å²) in [6, 6.07) is 8.76. The normalized spacial score (nSPS) is 18.5. The Morgan fingerprint density at radius 3 is 2.70 bits per heavy atom. The number of carbonyl (C=O) groups is 2. The van der Waals surface area contributed by atoms with Crippen LogP contribution in [0.4, 0.5) is 5.69 Å². The van der Waals surface area contributed by atoms with Crippen LogP contribution in [0.1, 0.15) is 23.2 Å². The summed E-state index contributed by atoms with van der Waals surface area (Å²) in [4.78, 5) is 31.9. The van der Waals surface area contributed by atoms with Crippen molar-refractivity contribution in [3.63, 3.8) is 0 Å². The summed E-state index contributed by atoms with van der Waals surface area (Å²) >= 11 is 1.25. The van der Waals surface area contributed by atoms with Crippen LogP contribution in [-0.4, -0.2) is 66.8 Å². The molecule has 0 radical (unpaired) electrons. The predicted octanol–water partition coefficient (Wildman–Crippen LogP) is 2.77. The number of amides is 2. The molecule has 33 heavy (non-hydrogen) atoms. The molecule has 0 atom stereocenters. The standard InChI is InChI=1S/C23H25N3O6S/c27-20(25-16-3-4-18-19(12-16)32-14-31-18)13-33-21-17(2-1-7-24-21)22(28)26-8-5-15(6-9-26)23-29-10-11-30-23/h1-4,7,12,15,23H,5-6,8-11,13-14H2,(H,25,27). The average Bonchev–Trinajstić information content (AvgIpc) is 3.55. The molecule has 3 aliphatic rings. The molecule has 0 spiro atoms. The molecule has 5 rings (SSSR count). The fourth-order valence-electron chi connectivity index (χ4n) is 4.17. The molecule has 9 nitrogen and oxygen atoms in total. The van der Waals surface area contributed by atoms with Gasteiger partial charge in [-0.3, -0.25) is 9.59 Å². The van der Waals surface area contributed by atoms with Crippen molar-refractivity contribution in [1.82, 2.24) is 9.88 Å². The van der Waals surface area contributed by atoms with E-state index < -0.39 is 0 Å². The Morgan fingerprint density at radius 1 is 1.09 bits per heavy atom. The Morgan fingerprint density at radius 2 is 1.88 bits per heavy atom. The van der Waals surface area contributed by atoms with E-state index in [0.717, 1.165) is 12.8 Å². The van der Waals surface area contributed by atoms with Gasteiger partial charge in [0.25, 0.3) is 5.91 Å². The third kappa shape index (κ3) is 5.07. The van der Waals surface area contributed by atoms with Gasteiger partial charge in [0.05, 0.1) is 24.5 Å². The summed E-state index contributed by atoms with van der Waals surface area (Å²) in [6.07, 6.45) is 3.18. The van der Waals surface area contributed by atoms with Gasteiger partial charge in [-0.15, -0.1) is 0 Å². The molecule has 0 aliphatic carbocycles. The van der Waals surface area contributed by atoms with Gasteiger partial charge in [0, 0.05) is 37.0 Å². The number of fused-ring (bicyclic) bond motifs is 1. The Kier molecular flexibility index (Phi) is 6.65. The van der Waals surface area contributed by atoms with E-state index in [1.165, 1.54) is 11.8 Å². The van der Waals surface area contributed by atoms with Crippen molar-refractivity contribution in [2.75, 3.05) is 44.2 Å². The molecule has 2 saturated heterocycles. The Labute approximate surface area is 195 Å². The molecular weight excluding hydrogens is 446 g/mol. The summed E-state index contributed by atoms with van der Waals surface area (Å²) < 4.78 is 21.9. The van der Waals surface area contributed by atoms with Crippen LogP contribution >= 0.6 is 11.8 Å². The number of hydrogen-bond acceptors (Lipinski definition) is 8. The third-order valence-electron chi connectivity index (χ3n) is 5.86. The van der Waals surface area contributed by atoms with E-state index in [1.54, 1.807) is 36.5 Å². The van der Waals surface area contributed by atoms with Gasteiger partial charge in [0.1, 0.15) is 5.03 Å². The van der Waals surface area contributed by atoms with Crippen molar-refractivity contribution >= 4 is 29.3 Å². The smallest absolute Gasteiger partial charge is 0.256 e.